The quantitative estimate of drug-likeness (QED) is 0.796. The molecule has 0 saturated heterocycles. The normalized spacial score (nSPS) is 10.2. The molecule has 1 aromatic rings. The molecule has 0 bridgehead atoms. The van der Waals surface area contributed by atoms with E-state index in [2.05, 4.69) is 5.32 Å². The Kier molecular flexibility index (Phi) is 4.13. The summed E-state index contributed by atoms with van der Waals surface area (Å²) in [5.74, 6) is 0. The Morgan fingerprint density at radius 1 is 1.15 bits per heavy atom. The van der Waals surface area contributed by atoms with Crippen LogP contribution in [-0.4, -0.2) is 18.3 Å². The average Bonchev–Trinajstić information content (AvgIpc) is 2.13. The Balaban J connectivity index is 2.90. The lowest BCUT2D eigenvalue weighted by molar-refractivity contribution is 0.311. The van der Waals surface area contributed by atoms with Crippen molar-refractivity contribution in [3.8, 4) is 0 Å². The molecule has 2 nitrogen and oxygen atoms in total. The Morgan fingerprint density at radius 2 is 1.85 bits per heavy atom. The van der Waals surface area contributed by atoms with Crippen LogP contribution in [0.5, 0.6) is 0 Å². The van der Waals surface area contributed by atoms with Gasteiger partial charge in [0.15, 0.2) is 0 Å². The molecule has 0 aromatic heterocycles. The average molecular weight is 241 g/mol. The van der Waals surface area contributed by atoms with Gasteiger partial charge in [-0.05, 0) is 12.1 Å². The predicted octanol–water partition coefficient (Wildman–Crippen LogP) is 3.05. The van der Waals surface area contributed by atoms with Gasteiger partial charge in [0.25, 0.3) is 0 Å². The second kappa shape index (κ2) is 4.91. The highest BCUT2D eigenvalue weighted by Crippen LogP contribution is 2.35. The molecule has 0 unspecified atom stereocenters. The summed E-state index contributed by atoms with van der Waals surface area (Å²) in [6.45, 7) is 0.467. The summed E-state index contributed by atoms with van der Waals surface area (Å²) >= 11 is 17.4. The molecule has 1 aromatic carbocycles. The SMILES string of the molecule is OCCNc1ccc(Cl)c(Cl)c1Cl. The van der Waals surface area contributed by atoms with Gasteiger partial charge in [-0.3, -0.25) is 0 Å². The second-order valence-corrected chi connectivity index (χ2v) is 3.54. The summed E-state index contributed by atoms with van der Waals surface area (Å²) in [5, 5.41) is 12.6. The molecule has 0 atom stereocenters. The smallest absolute Gasteiger partial charge is 0.0838 e. The fraction of sp³-hybridized carbons (Fsp3) is 0.250. The fourth-order valence-corrected chi connectivity index (χ4v) is 1.46. The van der Waals surface area contributed by atoms with Crippen LogP contribution in [-0.2, 0) is 0 Å². The van der Waals surface area contributed by atoms with E-state index in [9.17, 15) is 0 Å². The maximum Gasteiger partial charge on any atom is 0.0838 e. The maximum atomic E-state index is 8.58. The highest BCUT2D eigenvalue weighted by Gasteiger charge is 2.07. The summed E-state index contributed by atoms with van der Waals surface area (Å²) in [4.78, 5) is 0. The van der Waals surface area contributed by atoms with Gasteiger partial charge in [0.2, 0.25) is 0 Å². The molecule has 0 aliphatic heterocycles. The van der Waals surface area contributed by atoms with E-state index in [1.165, 1.54) is 0 Å². The van der Waals surface area contributed by atoms with Gasteiger partial charge in [-0.2, -0.15) is 0 Å². The Labute approximate surface area is 91.4 Å². The van der Waals surface area contributed by atoms with Crippen LogP contribution in [0, 0.1) is 0 Å². The lowest BCUT2D eigenvalue weighted by Crippen LogP contribution is -2.05. The molecule has 0 aliphatic rings. The third-order valence-corrected chi connectivity index (χ3v) is 2.76. The topological polar surface area (TPSA) is 32.3 Å². The molecule has 0 spiro atoms. The molecule has 0 saturated carbocycles. The molecule has 1 rings (SSSR count). The summed E-state index contributed by atoms with van der Waals surface area (Å²) in [6, 6.07) is 3.36. The predicted molar refractivity (Wildman–Crippen MR) is 57.0 cm³/mol. The van der Waals surface area contributed by atoms with Crippen molar-refractivity contribution >= 4 is 40.5 Å². The number of anilines is 1. The Hall–Kier alpha value is -0.150. The van der Waals surface area contributed by atoms with E-state index >= 15 is 0 Å². The van der Waals surface area contributed by atoms with Crippen LogP contribution in [0.15, 0.2) is 12.1 Å². The zero-order valence-corrected chi connectivity index (χ0v) is 8.92. The second-order valence-electron chi connectivity index (χ2n) is 2.37. The van der Waals surface area contributed by atoms with Gasteiger partial charge in [-0.1, -0.05) is 34.8 Å². The van der Waals surface area contributed by atoms with Gasteiger partial charge in [0.05, 0.1) is 27.4 Å². The number of halogens is 3. The van der Waals surface area contributed by atoms with Crippen LogP contribution >= 0.6 is 34.8 Å². The first-order chi connectivity index (χ1) is 6.16. The van der Waals surface area contributed by atoms with Gasteiger partial charge >= 0.3 is 0 Å². The lowest BCUT2D eigenvalue weighted by atomic mass is 10.3. The van der Waals surface area contributed by atoms with E-state index in [-0.39, 0.29) is 6.61 Å². The van der Waals surface area contributed by atoms with E-state index in [0.717, 1.165) is 0 Å². The highest BCUT2D eigenvalue weighted by molar-refractivity contribution is 6.49. The van der Waals surface area contributed by atoms with Gasteiger partial charge in [-0.25, -0.2) is 0 Å². The summed E-state index contributed by atoms with van der Waals surface area (Å²) in [5.41, 5.74) is 0.671. The molecule has 5 heteroatoms. The van der Waals surface area contributed by atoms with Crippen molar-refractivity contribution in [1.82, 2.24) is 0 Å². The van der Waals surface area contributed by atoms with Crippen molar-refractivity contribution < 1.29 is 5.11 Å². The molecule has 0 amide bonds. The van der Waals surface area contributed by atoms with Crippen LogP contribution in [0.25, 0.3) is 0 Å². The molecule has 0 aliphatic carbocycles. The van der Waals surface area contributed by atoms with Gasteiger partial charge in [0.1, 0.15) is 0 Å². The first-order valence-electron chi connectivity index (χ1n) is 3.65. The van der Waals surface area contributed by atoms with Gasteiger partial charge < -0.3 is 10.4 Å². The van der Waals surface area contributed by atoms with Crippen LogP contribution in [0.2, 0.25) is 15.1 Å². The third-order valence-electron chi connectivity index (χ3n) is 1.46. The minimum Gasteiger partial charge on any atom is -0.395 e. The van der Waals surface area contributed by atoms with E-state index < -0.39 is 0 Å². The minimum atomic E-state index is 0.0383. The number of hydrogen-bond acceptors (Lipinski definition) is 2. The molecule has 0 fully saturated rings. The highest BCUT2D eigenvalue weighted by atomic mass is 35.5. The Bertz CT molecular complexity index is 304. The van der Waals surface area contributed by atoms with Crippen molar-refractivity contribution in [2.75, 3.05) is 18.5 Å². The van der Waals surface area contributed by atoms with Crippen LogP contribution in [0.3, 0.4) is 0 Å². The number of aliphatic hydroxyl groups is 1. The number of benzene rings is 1. The van der Waals surface area contributed by atoms with Crippen LogP contribution in [0.1, 0.15) is 0 Å². The zero-order valence-electron chi connectivity index (χ0n) is 6.65. The van der Waals surface area contributed by atoms with E-state index in [1.807, 2.05) is 0 Å². The molecule has 0 heterocycles. The summed E-state index contributed by atoms with van der Waals surface area (Å²) < 4.78 is 0. The van der Waals surface area contributed by atoms with Crippen molar-refractivity contribution in [3.05, 3.63) is 27.2 Å². The first-order valence-corrected chi connectivity index (χ1v) is 4.78. The van der Waals surface area contributed by atoms with E-state index in [0.29, 0.717) is 27.3 Å². The largest absolute Gasteiger partial charge is 0.395 e. The number of hydrogen-bond donors (Lipinski definition) is 2. The number of nitrogens with one attached hydrogen (secondary N) is 1. The fourth-order valence-electron chi connectivity index (χ4n) is 0.853. The van der Waals surface area contributed by atoms with Gasteiger partial charge in [-0.15, -0.1) is 0 Å². The van der Waals surface area contributed by atoms with Gasteiger partial charge in [0, 0.05) is 6.54 Å². The van der Waals surface area contributed by atoms with Crippen molar-refractivity contribution in [3.63, 3.8) is 0 Å². The Morgan fingerprint density at radius 3 is 2.46 bits per heavy atom. The molecular weight excluding hydrogens is 232 g/mol. The van der Waals surface area contributed by atoms with Crippen molar-refractivity contribution in [2.45, 2.75) is 0 Å². The molecule has 2 N–H and O–H groups in total. The number of rotatable bonds is 3. The molecule has 0 radical (unpaired) electrons. The number of aliphatic hydroxyl groups excluding tert-OH is 1. The van der Waals surface area contributed by atoms with Crippen molar-refractivity contribution in [2.24, 2.45) is 0 Å². The molecular formula is C8H8Cl3NO. The van der Waals surface area contributed by atoms with Crippen LogP contribution in [0.4, 0.5) is 5.69 Å². The third kappa shape index (κ3) is 2.64. The molecule has 13 heavy (non-hydrogen) atoms. The monoisotopic (exact) mass is 239 g/mol. The summed E-state index contributed by atoms with van der Waals surface area (Å²) in [6.07, 6.45) is 0. The van der Waals surface area contributed by atoms with Crippen molar-refractivity contribution in [1.29, 1.82) is 0 Å². The summed E-state index contributed by atoms with van der Waals surface area (Å²) in [7, 11) is 0. The zero-order chi connectivity index (χ0) is 9.84. The first kappa shape index (κ1) is 10.9. The van der Waals surface area contributed by atoms with E-state index in [4.69, 9.17) is 39.9 Å². The molecule has 72 valence electrons. The maximum absolute atomic E-state index is 8.58. The minimum absolute atomic E-state index is 0.0383. The van der Waals surface area contributed by atoms with E-state index in [1.54, 1.807) is 12.1 Å². The lowest BCUT2D eigenvalue weighted by Gasteiger charge is -2.08. The van der Waals surface area contributed by atoms with Crippen LogP contribution < -0.4 is 5.32 Å². The standard InChI is InChI=1S/C8H8Cl3NO/c9-5-1-2-6(12-3-4-13)8(11)7(5)10/h1-2,12-13H,3-4H2.